The van der Waals surface area contributed by atoms with Crippen molar-refractivity contribution in [3.8, 4) is 16.8 Å². The van der Waals surface area contributed by atoms with Gasteiger partial charge in [-0.2, -0.15) is 5.10 Å². The SMILES string of the molecule is CCCC(=O)Nc1c(-c2ccc(C)cc2)c(=O)c(C)nn1-c1ccccc1. The van der Waals surface area contributed by atoms with E-state index in [2.05, 4.69) is 10.4 Å². The predicted octanol–water partition coefficient (Wildman–Crippen LogP) is 4.25. The number of aromatic nitrogens is 2. The summed E-state index contributed by atoms with van der Waals surface area (Å²) in [6, 6.07) is 17.2. The molecule has 0 atom stereocenters. The lowest BCUT2D eigenvalue weighted by Gasteiger charge is -2.18. The van der Waals surface area contributed by atoms with Crippen LogP contribution in [0.5, 0.6) is 0 Å². The Bertz CT molecular complexity index is 1010. The lowest BCUT2D eigenvalue weighted by molar-refractivity contribution is -0.116. The Morgan fingerprint density at radius 1 is 1.04 bits per heavy atom. The fraction of sp³-hybridized carbons (Fsp3) is 0.227. The van der Waals surface area contributed by atoms with Crippen molar-refractivity contribution in [2.24, 2.45) is 0 Å². The number of nitrogens with one attached hydrogen (secondary N) is 1. The molecule has 3 aromatic rings. The Labute approximate surface area is 158 Å². The summed E-state index contributed by atoms with van der Waals surface area (Å²) in [7, 11) is 0. The number of hydrogen-bond donors (Lipinski definition) is 1. The molecule has 1 amide bonds. The number of aryl methyl sites for hydroxylation is 2. The Morgan fingerprint density at radius 2 is 1.70 bits per heavy atom. The molecule has 1 N–H and O–H groups in total. The monoisotopic (exact) mass is 361 g/mol. The van der Waals surface area contributed by atoms with Crippen molar-refractivity contribution in [3.63, 3.8) is 0 Å². The highest BCUT2D eigenvalue weighted by atomic mass is 16.1. The number of carbonyl (C=O) groups excluding carboxylic acids is 1. The van der Waals surface area contributed by atoms with Gasteiger partial charge in [-0.25, -0.2) is 4.68 Å². The van der Waals surface area contributed by atoms with Crippen LogP contribution in [0, 0.1) is 13.8 Å². The third-order valence-electron chi connectivity index (χ3n) is 4.33. The molecule has 0 aliphatic carbocycles. The van der Waals surface area contributed by atoms with Gasteiger partial charge in [-0.1, -0.05) is 55.0 Å². The number of rotatable bonds is 5. The number of amides is 1. The van der Waals surface area contributed by atoms with Crippen LogP contribution < -0.4 is 10.7 Å². The van der Waals surface area contributed by atoms with Crippen LogP contribution in [-0.2, 0) is 4.79 Å². The van der Waals surface area contributed by atoms with Gasteiger partial charge in [-0.05, 0) is 38.0 Å². The van der Waals surface area contributed by atoms with Crippen LogP contribution in [0.15, 0.2) is 59.4 Å². The van der Waals surface area contributed by atoms with Gasteiger partial charge in [-0.3, -0.25) is 9.59 Å². The molecule has 0 saturated carbocycles. The standard InChI is InChI=1S/C22H23N3O2/c1-4-8-19(26)23-22-20(17-13-11-15(2)12-14-17)21(27)16(3)24-25(22)18-9-6-5-7-10-18/h5-7,9-14H,4,8H2,1-3H3,(H,23,26). The maximum Gasteiger partial charge on any atom is 0.225 e. The number of carbonyl (C=O) groups is 1. The second kappa shape index (κ2) is 7.99. The molecule has 5 heteroatoms. The Hall–Kier alpha value is -3.21. The van der Waals surface area contributed by atoms with Crippen LogP contribution in [-0.4, -0.2) is 15.7 Å². The van der Waals surface area contributed by atoms with Crippen molar-refractivity contribution in [1.82, 2.24) is 9.78 Å². The summed E-state index contributed by atoms with van der Waals surface area (Å²) in [4.78, 5) is 25.3. The summed E-state index contributed by atoms with van der Waals surface area (Å²) in [6.45, 7) is 5.63. The third kappa shape index (κ3) is 3.97. The lowest BCUT2D eigenvalue weighted by atomic mass is 10.0. The highest BCUT2D eigenvalue weighted by Crippen LogP contribution is 2.27. The Morgan fingerprint density at radius 3 is 2.33 bits per heavy atom. The summed E-state index contributed by atoms with van der Waals surface area (Å²) in [5, 5.41) is 7.37. The second-order valence-corrected chi connectivity index (χ2v) is 6.55. The van der Waals surface area contributed by atoms with E-state index >= 15 is 0 Å². The van der Waals surface area contributed by atoms with E-state index < -0.39 is 0 Å². The van der Waals surface area contributed by atoms with Gasteiger partial charge in [0.2, 0.25) is 11.3 Å². The molecule has 0 aliphatic rings. The Balaban J connectivity index is 2.29. The molecular weight excluding hydrogens is 338 g/mol. The minimum Gasteiger partial charge on any atom is -0.310 e. The lowest BCUT2D eigenvalue weighted by Crippen LogP contribution is -2.24. The fourth-order valence-corrected chi connectivity index (χ4v) is 2.92. The van der Waals surface area contributed by atoms with E-state index in [0.717, 1.165) is 23.2 Å². The third-order valence-corrected chi connectivity index (χ3v) is 4.33. The molecular formula is C22H23N3O2. The molecule has 0 bridgehead atoms. The highest BCUT2D eigenvalue weighted by Gasteiger charge is 2.19. The van der Waals surface area contributed by atoms with Crippen LogP contribution >= 0.6 is 0 Å². The molecule has 3 rings (SSSR count). The van der Waals surface area contributed by atoms with Crippen molar-refractivity contribution in [2.75, 3.05) is 5.32 Å². The van der Waals surface area contributed by atoms with Crippen molar-refractivity contribution in [1.29, 1.82) is 0 Å². The summed E-state index contributed by atoms with van der Waals surface area (Å²) in [5.41, 5.74) is 3.29. The van der Waals surface area contributed by atoms with E-state index in [4.69, 9.17) is 0 Å². The van der Waals surface area contributed by atoms with E-state index in [1.54, 1.807) is 11.6 Å². The molecule has 0 fully saturated rings. The van der Waals surface area contributed by atoms with Crippen molar-refractivity contribution >= 4 is 11.7 Å². The molecule has 1 heterocycles. The van der Waals surface area contributed by atoms with Crippen molar-refractivity contribution in [3.05, 3.63) is 76.1 Å². The van der Waals surface area contributed by atoms with Gasteiger partial charge in [0.15, 0.2) is 0 Å². The van der Waals surface area contributed by atoms with Crippen LogP contribution in [0.2, 0.25) is 0 Å². The van der Waals surface area contributed by atoms with Crippen molar-refractivity contribution < 1.29 is 4.79 Å². The largest absolute Gasteiger partial charge is 0.310 e. The molecule has 27 heavy (non-hydrogen) atoms. The average Bonchev–Trinajstić information content (AvgIpc) is 2.67. The minimum atomic E-state index is -0.183. The first kappa shape index (κ1) is 18.6. The van der Waals surface area contributed by atoms with Crippen LogP contribution in [0.3, 0.4) is 0 Å². The zero-order valence-corrected chi connectivity index (χ0v) is 15.8. The van der Waals surface area contributed by atoms with E-state index in [9.17, 15) is 9.59 Å². The zero-order valence-electron chi connectivity index (χ0n) is 15.8. The number of nitrogens with zero attached hydrogens (tertiary/aromatic N) is 2. The molecule has 5 nitrogen and oxygen atoms in total. The molecule has 0 spiro atoms. The zero-order chi connectivity index (χ0) is 19.4. The molecule has 0 radical (unpaired) electrons. The van der Waals surface area contributed by atoms with Gasteiger partial charge < -0.3 is 5.32 Å². The van der Waals surface area contributed by atoms with Gasteiger partial charge >= 0.3 is 0 Å². The fourth-order valence-electron chi connectivity index (χ4n) is 2.92. The maximum absolute atomic E-state index is 13.0. The normalized spacial score (nSPS) is 10.6. The maximum atomic E-state index is 13.0. The second-order valence-electron chi connectivity index (χ2n) is 6.55. The summed E-state index contributed by atoms with van der Waals surface area (Å²) in [6.07, 6.45) is 1.10. The van der Waals surface area contributed by atoms with Gasteiger partial charge in [0.1, 0.15) is 11.5 Å². The topological polar surface area (TPSA) is 64.0 Å². The molecule has 2 aromatic carbocycles. The quantitative estimate of drug-likeness (QED) is 0.739. The van der Waals surface area contributed by atoms with Crippen molar-refractivity contribution in [2.45, 2.75) is 33.6 Å². The van der Waals surface area contributed by atoms with E-state index in [-0.39, 0.29) is 11.3 Å². The first-order valence-corrected chi connectivity index (χ1v) is 9.07. The summed E-state index contributed by atoms with van der Waals surface area (Å²) < 4.78 is 1.64. The summed E-state index contributed by atoms with van der Waals surface area (Å²) >= 11 is 0. The molecule has 1 aromatic heterocycles. The van der Waals surface area contributed by atoms with Gasteiger partial charge in [0, 0.05) is 6.42 Å². The van der Waals surface area contributed by atoms with Crippen LogP contribution in [0.4, 0.5) is 5.82 Å². The smallest absolute Gasteiger partial charge is 0.225 e. The van der Waals surface area contributed by atoms with Gasteiger partial charge in [0.05, 0.1) is 11.3 Å². The number of benzene rings is 2. The van der Waals surface area contributed by atoms with Gasteiger partial charge in [-0.15, -0.1) is 0 Å². The van der Waals surface area contributed by atoms with Crippen LogP contribution in [0.1, 0.15) is 31.0 Å². The average molecular weight is 361 g/mol. The first-order chi connectivity index (χ1) is 13.0. The molecule has 0 saturated heterocycles. The van der Waals surface area contributed by atoms with E-state index in [1.165, 1.54) is 0 Å². The van der Waals surface area contributed by atoms with E-state index in [1.807, 2.05) is 68.4 Å². The molecule has 0 aliphatic heterocycles. The number of para-hydroxylation sites is 1. The molecule has 138 valence electrons. The highest BCUT2D eigenvalue weighted by molar-refractivity contribution is 5.94. The van der Waals surface area contributed by atoms with Crippen LogP contribution in [0.25, 0.3) is 16.8 Å². The van der Waals surface area contributed by atoms with E-state index in [0.29, 0.717) is 23.5 Å². The number of anilines is 1. The predicted molar refractivity (Wildman–Crippen MR) is 108 cm³/mol. The van der Waals surface area contributed by atoms with Gasteiger partial charge in [0.25, 0.3) is 0 Å². The Kier molecular flexibility index (Phi) is 5.50. The first-order valence-electron chi connectivity index (χ1n) is 9.07. The minimum absolute atomic E-state index is 0.138. The number of hydrogen-bond acceptors (Lipinski definition) is 3. The summed E-state index contributed by atoms with van der Waals surface area (Å²) in [5.74, 6) is 0.264. The molecule has 0 unspecified atom stereocenters.